The lowest BCUT2D eigenvalue weighted by atomic mass is 9.82. The molecular formula is C16H19NO3. The smallest absolute Gasteiger partial charge is 0.234 e. The quantitative estimate of drug-likeness (QED) is 0.857. The molecule has 2 heterocycles. The van der Waals surface area contributed by atoms with Gasteiger partial charge in [-0.25, -0.2) is 0 Å². The van der Waals surface area contributed by atoms with E-state index in [1.807, 2.05) is 36.1 Å². The number of carbonyl (C=O) groups excluding carboxylic acids is 1. The predicted octanol–water partition coefficient (Wildman–Crippen LogP) is 2.04. The van der Waals surface area contributed by atoms with Crippen LogP contribution in [0.1, 0.15) is 25.8 Å². The Morgan fingerprint density at radius 2 is 2.00 bits per heavy atom. The number of nitrogens with zero attached hydrogens (tertiary/aromatic N) is 1. The summed E-state index contributed by atoms with van der Waals surface area (Å²) in [7, 11) is 1.65. The Kier molecular flexibility index (Phi) is 3.05. The van der Waals surface area contributed by atoms with Gasteiger partial charge >= 0.3 is 0 Å². The van der Waals surface area contributed by atoms with Gasteiger partial charge in [-0.3, -0.25) is 4.79 Å². The Morgan fingerprint density at radius 3 is 2.55 bits per heavy atom. The molecule has 3 atom stereocenters. The summed E-state index contributed by atoms with van der Waals surface area (Å²) >= 11 is 0. The molecule has 106 valence electrons. The second-order valence-electron chi connectivity index (χ2n) is 5.54. The molecule has 0 aliphatic carbocycles. The van der Waals surface area contributed by atoms with Gasteiger partial charge < -0.3 is 14.7 Å². The van der Waals surface area contributed by atoms with E-state index in [1.165, 1.54) is 5.57 Å². The zero-order valence-electron chi connectivity index (χ0n) is 12.0. The van der Waals surface area contributed by atoms with E-state index < -0.39 is 6.10 Å². The summed E-state index contributed by atoms with van der Waals surface area (Å²) in [5.41, 5.74) is 3.33. The zero-order valence-corrected chi connectivity index (χ0v) is 12.0. The molecule has 2 aliphatic heterocycles. The molecular weight excluding hydrogens is 254 g/mol. The molecule has 0 saturated carbocycles. The van der Waals surface area contributed by atoms with E-state index in [2.05, 4.69) is 0 Å². The minimum atomic E-state index is -0.577. The third-order valence-corrected chi connectivity index (χ3v) is 4.44. The van der Waals surface area contributed by atoms with E-state index >= 15 is 0 Å². The molecule has 2 aliphatic rings. The maximum absolute atomic E-state index is 12.1. The molecule has 3 rings (SSSR count). The summed E-state index contributed by atoms with van der Waals surface area (Å²) in [6.45, 7) is 3.68. The normalized spacial score (nSPS) is 26.4. The number of carbonyl (C=O) groups is 1. The third-order valence-electron chi connectivity index (χ3n) is 4.44. The number of aliphatic hydroxyl groups is 1. The number of β-lactam (4-membered cyclic amide) rings is 1. The molecule has 1 fully saturated rings. The van der Waals surface area contributed by atoms with E-state index in [0.717, 1.165) is 23.4 Å². The van der Waals surface area contributed by atoms with Crippen LogP contribution in [0.3, 0.4) is 0 Å². The monoisotopic (exact) mass is 273 g/mol. The molecule has 0 bridgehead atoms. The number of aliphatic hydroxyl groups excluding tert-OH is 1. The van der Waals surface area contributed by atoms with Crippen LogP contribution in [-0.2, 0) is 4.79 Å². The average Bonchev–Trinajstić information content (AvgIpc) is 2.70. The first-order valence-corrected chi connectivity index (χ1v) is 6.90. The fraction of sp³-hybridized carbons (Fsp3) is 0.438. The van der Waals surface area contributed by atoms with E-state index in [9.17, 15) is 9.90 Å². The summed E-state index contributed by atoms with van der Waals surface area (Å²) in [5, 5.41) is 9.72. The van der Waals surface area contributed by atoms with Gasteiger partial charge in [0.2, 0.25) is 5.91 Å². The van der Waals surface area contributed by atoms with Gasteiger partial charge in [0, 0.05) is 5.70 Å². The lowest BCUT2D eigenvalue weighted by Crippen LogP contribution is -2.60. The van der Waals surface area contributed by atoms with Crippen LogP contribution >= 0.6 is 0 Å². The molecule has 1 aromatic rings. The number of methoxy groups -OCH3 is 1. The Hall–Kier alpha value is -1.81. The molecule has 1 N–H and O–H groups in total. The summed E-state index contributed by atoms with van der Waals surface area (Å²) < 4.78 is 5.17. The number of rotatable bonds is 3. The van der Waals surface area contributed by atoms with Gasteiger partial charge in [0.05, 0.1) is 25.2 Å². The van der Waals surface area contributed by atoms with Crippen molar-refractivity contribution in [1.82, 2.24) is 4.90 Å². The van der Waals surface area contributed by atoms with Crippen LogP contribution < -0.4 is 4.74 Å². The molecule has 0 unspecified atom stereocenters. The number of hydrogen-bond acceptors (Lipinski definition) is 3. The van der Waals surface area contributed by atoms with Gasteiger partial charge in [0.25, 0.3) is 0 Å². The van der Waals surface area contributed by atoms with Crippen molar-refractivity contribution < 1.29 is 14.6 Å². The Bertz CT molecular complexity index is 574. The first-order valence-electron chi connectivity index (χ1n) is 6.90. The summed E-state index contributed by atoms with van der Waals surface area (Å²) in [5.74, 6) is 0.623. The first-order chi connectivity index (χ1) is 9.54. The van der Waals surface area contributed by atoms with Crippen LogP contribution in [0.5, 0.6) is 5.75 Å². The molecule has 4 nitrogen and oxygen atoms in total. The first kappa shape index (κ1) is 13.2. The van der Waals surface area contributed by atoms with Gasteiger partial charge in [-0.05, 0) is 43.5 Å². The van der Waals surface area contributed by atoms with Crippen molar-refractivity contribution in [2.75, 3.05) is 7.11 Å². The number of fused-ring (bicyclic) bond motifs is 1. The van der Waals surface area contributed by atoms with Gasteiger partial charge in [-0.2, -0.15) is 0 Å². The topological polar surface area (TPSA) is 49.8 Å². The second-order valence-corrected chi connectivity index (χ2v) is 5.54. The Labute approximate surface area is 118 Å². The summed E-state index contributed by atoms with van der Waals surface area (Å²) in [6, 6.07) is 8.02. The van der Waals surface area contributed by atoms with Gasteiger partial charge in [-0.15, -0.1) is 0 Å². The lowest BCUT2D eigenvalue weighted by Gasteiger charge is -2.45. The van der Waals surface area contributed by atoms with E-state index in [1.54, 1.807) is 14.0 Å². The molecule has 1 aromatic carbocycles. The molecule has 0 aromatic heterocycles. The van der Waals surface area contributed by atoms with E-state index in [-0.39, 0.29) is 17.9 Å². The Morgan fingerprint density at radius 1 is 1.35 bits per heavy atom. The maximum atomic E-state index is 12.1. The fourth-order valence-electron chi connectivity index (χ4n) is 3.35. The number of benzene rings is 1. The molecule has 1 amide bonds. The van der Waals surface area contributed by atoms with E-state index in [4.69, 9.17) is 4.74 Å². The Balaban J connectivity index is 1.88. The lowest BCUT2D eigenvalue weighted by molar-refractivity contribution is -0.157. The summed E-state index contributed by atoms with van der Waals surface area (Å²) in [6.07, 6.45) is 0.242. The van der Waals surface area contributed by atoms with Crippen molar-refractivity contribution >= 4 is 11.5 Å². The standard InChI is InChI=1S/C16H19NO3/c1-9-13(11-4-6-12(20-3)7-5-11)8-14-15(10(2)18)16(19)17(9)14/h4-7,10,14-15,18H,8H2,1-3H3/t10-,14-,15-/m1/s1. The van der Waals surface area contributed by atoms with Crippen molar-refractivity contribution in [3.05, 3.63) is 35.5 Å². The van der Waals surface area contributed by atoms with Crippen molar-refractivity contribution in [3.63, 3.8) is 0 Å². The SMILES string of the molecule is COc1ccc(C2=C(C)N3C(=O)[C@H]([C@@H](C)O)[C@H]3C2)cc1. The van der Waals surface area contributed by atoms with Crippen LogP contribution in [0, 0.1) is 5.92 Å². The molecule has 4 heteroatoms. The minimum Gasteiger partial charge on any atom is -0.497 e. The number of ether oxygens (including phenoxy) is 1. The van der Waals surface area contributed by atoms with Crippen molar-refractivity contribution in [2.24, 2.45) is 5.92 Å². The van der Waals surface area contributed by atoms with E-state index in [0.29, 0.717) is 0 Å². The highest BCUT2D eigenvalue weighted by molar-refractivity contribution is 5.93. The second kappa shape index (κ2) is 4.63. The van der Waals surface area contributed by atoms with Gasteiger partial charge in [0.1, 0.15) is 5.75 Å². The largest absolute Gasteiger partial charge is 0.497 e. The van der Waals surface area contributed by atoms with Crippen LogP contribution in [0.2, 0.25) is 0 Å². The van der Waals surface area contributed by atoms with Crippen LogP contribution in [0.4, 0.5) is 0 Å². The fourth-order valence-corrected chi connectivity index (χ4v) is 3.35. The predicted molar refractivity (Wildman–Crippen MR) is 76.0 cm³/mol. The number of amides is 1. The molecule has 1 saturated heterocycles. The average molecular weight is 273 g/mol. The zero-order chi connectivity index (χ0) is 14.4. The molecule has 0 spiro atoms. The van der Waals surface area contributed by atoms with Crippen molar-refractivity contribution in [2.45, 2.75) is 32.4 Å². The van der Waals surface area contributed by atoms with Gasteiger partial charge in [0.15, 0.2) is 0 Å². The van der Waals surface area contributed by atoms with Crippen molar-refractivity contribution in [1.29, 1.82) is 0 Å². The number of hydrogen-bond donors (Lipinski definition) is 1. The molecule has 20 heavy (non-hydrogen) atoms. The number of allylic oxidation sites excluding steroid dienone is 1. The highest BCUT2D eigenvalue weighted by Gasteiger charge is 2.53. The van der Waals surface area contributed by atoms with Crippen LogP contribution in [0.25, 0.3) is 5.57 Å². The maximum Gasteiger partial charge on any atom is 0.234 e. The highest BCUT2D eigenvalue weighted by atomic mass is 16.5. The summed E-state index contributed by atoms with van der Waals surface area (Å²) in [4.78, 5) is 13.9. The van der Waals surface area contributed by atoms with Crippen LogP contribution in [-0.4, -0.2) is 35.2 Å². The minimum absolute atomic E-state index is 0.0472. The highest BCUT2D eigenvalue weighted by Crippen LogP contribution is 2.46. The van der Waals surface area contributed by atoms with Gasteiger partial charge in [-0.1, -0.05) is 12.1 Å². The molecule has 0 radical (unpaired) electrons. The van der Waals surface area contributed by atoms with Crippen molar-refractivity contribution in [3.8, 4) is 5.75 Å². The third kappa shape index (κ3) is 1.75. The van der Waals surface area contributed by atoms with Crippen LogP contribution in [0.15, 0.2) is 30.0 Å².